The molecule has 8 heteroatoms. The summed E-state index contributed by atoms with van der Waals surface area (Å²) < 4.78 is 18.1. The van der Waals surface area contributed by atoms with Crippen LogP contribution >= 0.6 is 12.2 Å². The largest absolute Gasteiger partial charge is 0.454 e. The van der Waals surface area contributed by atoms with Gasteiger partial charge < -0.3 is 18.8 Å². The van der Waals surface area contributed by atoms with Crippen molar-refractivity contribution in [1.82, 2.24) is 19.6 Å². The predicted molar refractivity (Wildman–Crippen MR) is 86.0 cm³/mol. The zero-order valence-corrected chi connectivity index (χ0v) is 13.7. The van der Waals surface area contributed by atoms with Gasteiger partial charge in [0.2, 0.25) is 12.7 Å². The molecule has 7 nitrogen and oxygen atoms in total. The van der Waals surface area contributed by atoms with E-state index in [0.29, 0.717) is 23.1 Å². The highest BCUT2D eigenvalue weighted by Gasteiger charge is 2.18. The van der Waals surface area contributed by atoms with Crippen molar-refractivity contribution in [3.05, 3.63) is 23.0 Å². The minimum Gasteiger partial charge on any atom is -0.454 e. The van der Waals surface area contributed by atoms with Crippen LogP contribution in [0.25, 0.3) is 11.5 Å². The maximum Gasteiger partial charge on any atom is 0.288 e. The van der Waals surface area contributed by atoms with E-state index in [1.165, 1.54) is 0 Å². The molecule has 1 saturated heterocycles. The summed E-state index contributed by atoms with van der Waals surface area (Å²) in [6.45, 7) is 5.02. The summed E-state index contributed by atoms with van der Waals surface area (Å²) >= 11 is 5.30. The fourth-order valence-corrected chi connectivity index (χ4v) is 2.90. The lowest BCUT2D eigenvalue weighted by Crippen LogP contribution is -2.45. The molecule has 0 radical (unpaired) electrons. The number of hydrogen-bond acceptors (Lipinski definition) is 7. The van der Waals surface area contributed by atoms with E-state index in [1.807, 2.05) is 18.2 Å². The van der Waals surface area contributed by atoms with Gasteiger partial charge in [0.25, 0.3) is 4.84 Å². The Kier molecular flexibility index (Phi) is 3.80. The quantitative estimate of drug-likeness (QED) is 0.793. The minimum absolute atomic E-state index is 0.250. The number of ether oxygens (including phenoxy) is 2. The van der Waals surface area contributed by atoms with Crippen LogP contribution in [0.15, 0.2) is 22.6 Å². The van der Waals surface area contributed by atoms with Gasteiger partial charge in [-0.2, -0.15) is 0 Å². The van der Waals surface area contributed by atoms with E-state index < -0.39 is 0 Å². The lowest BCUT2D eigenvalue weighted by atomic mass is 10.2. The van der Waals surface area contributed by atoms with Gasteiger partial charge in [-0.15, -0.1) is 5.10 Å². The highest BCUT2D eigenvalue weighted by Crippen LogP contribution is 2.35. The molecule has 2 aliphatic rings. The zero-order chi connectivity index (χ0) is 15.8. The van der Waals surface area contributed by atoms with Crippen molar-refractivity contribution < 1.29 is 13.9 Å². The number of likely N-dealkylation sites (N-methyl/N-ethyl adjacent to an activating group) is 1. The van der Waals surface area contributed by atoms with E-state index in [-0.39, 0.29) is 6.79 Å². The molecule has 2 aromatic rings. The maximum atomic E-state index is 5.66. The number of fused-ring (bicyclic) bond motifs is 1. The molecule has 3 heterocycles. The topological polar surface area (TPSA) is 55.9 Å². The molecule has 0 atom stereocenters. The molecule has 1 aromatic heterocycles. The number of piperazine rings is 1. The Labute approximate surface area is 139 Å². The second-order valence-corrected chi connectivity index (χ2v) is 6.15. The first-order valence-electron chi connectivity index (χ1n) is 7.58. The summed E-state index contributed by atoms with van der Waals surface area (Å²) in [5.41, 5.74) is 0.831. The molecule has 0 amide bonds. The Morgan fingerprint density at radius 3 is 2.74 bits per heavy atom. The molecule has 1 aromatic carbocycles. The number of benzene rings is 1. The molecule has 122 valence electrons. The molecule has 1 fully saturated rings. The molecule has 23 heavy (non-hydrogen) atoms. The van der Waals surface area contributed by atoms with Crippen molar-refractivity contribution in [2.24, 2.45) is 0 Å². The van der Waals surface area contributed by atoms with Crippen LogP contribution in [-0.4, -0.2) is 59.6 Å². The van der Waals surface area contributed by atoms with E-state index in [1.54, 1.807) is 4.68 Å². The van der Waals surface area contributed by atoms with Crippen LogP contribution < -0.4 is 9.47 Å². The van der Waals surface area contributed by atoms with E-state index in [4.69, 9.17) is 26.1 Å². The standard InChI is InChI=1S/C15H18N4O3S/c1-17-4-6-18(7-5-17)9-19-15(23)22-14(16-19)11-2-3-12-13(8-11)21-10-20-12/h2-3,8H,4-7,9-10H2,1H3. The average Bonchev–Trinajstić information content (AvgIpc) is 3.16. The molecular formula is C15H18N4O3S. The minimum atomic E-state index is 0.250. The highest BCUT2D eigenvalue weighted by atomic mass is 32.1. The van der Waals surface area contributed by atoms with E-state index >= 15 is 0 Å². The van der Waals surface area contributed by atoms with Crippen LogP contribution in [-0.2, 0) is 6.67 Å². The fraction of sp³-hybridized carbons (Fsp3) is 0.467. The van der Waals surface area contributed by atoms with Crippen LogP contribution in [0.3, 0.4) is 0 Å². The molecule has 4 rings (SSSR count). The van der Waals surface area contributed by atoms with Crippen LogP contribution in [0.2, 0.25) is 0 Å². The number of rotatable bonds is 3. The first-order chi connectivity index (χ1) is 11.2. The molecule has 0 saturated carbocycles. The Bertz CT molecular complexity index is 764. The van der Waals surface area contributed by atoms with Gasteiger partial charge in [0, 0.05) is 31.7 Å². The van der Waals surface area contributed by atoms with E-state index in [2.05, 4.69) is 21.9 Å². The van der Waals surface area contributed by atoms with Crippen molar-refractivity contribution in [2.45, 2.75) is 6.67 Å². The number of nitrogens with zero attached hydrogens (tertiary/aromatic N) is 4. The third-order valence-corrected chi connectivity index (χ3v) is 4.45. The Morgan fingerprint density at radius 2 is 1.91 bits per heavy atom. The fourth-order valence-electron chi connectivity index (χ4n) is 2.72. The Morgan fingerprint density at radius 1 is 1.13 bits per heavy atom. The number of hydrogen-bond donors (Lipinski definition) is 0. The van der Waals surface area contributed by atoms with Crippen LogP contribution in [0.4, 0.5) is 0 Å². The Hall–Kier alpha value is -1.90. The lowest BCUT2D eigenvalue weighted by Gasteiger charge is -2.31. The second kappa shape index (κ2) is 5.95. The molecule has 0 bridgehead atoms. The van der Waals surface area contributed by atoms with E-state index in [0.717, 1.165) is 37.5 Å². The van der Waals surface area contributed by atoms with E-state index in [9.17, 15) is 0 Å². The number of aromatic nitrogens is 2. The first-order valence-corrected chi connectivity index (χ1v) is 7.99. The lowest BCUT2D eigenvalue weighted by molar-refractivity contribution is 0.118. The second-order valence-electron chi connectivity index (χ2n) is 5.80. The summed E-state index contributed by atoms with van der Waals surface area (Å²) in [6, 6.07) is 5.62. The zero-order valence-electron chi connectivity index (χ0n) is 12.9. The molecule has 0 unspecified atom stereocenters. The highest BCUT2D eigenvalue weighted by molar-refractivity contribution is 7.71. The van der Waals surface area contributed by atoms with Gasteiger partial charge in [-0.05, 0) is 37.5 Å². The van der Waals surface area contributed by atoms with Crippen molar-refractivity contribution >= 4 is 12.2 Å². The summed E-state index contributed by atoms with van der Waals surface area (Å²) in [7, 11) is 2.14. The van der Waals surface area contributed by atoms with Gasteiger partial charge in [0.15, 0.2) is 11.5 Å². The summed E-state index contributed by atoms with van der Waals surface area (Å²) in [5.74, 6) is 1.95. The van der Waals surface area contributed by atoms with Crippen molar-refractivity contribution in [2.75, 3.05) is 40.0 Å². The molecule has 0 spiro atoms. The van der Waals surface area contributed by atoms with Gasteiger partial charge >= 0.3 is 0 Å². The van der Waals surface area contributed by atoms with Gasteiger partial charge in [-0.25, -0.2) is 4.68 Å². The molecular weight excluding hydrogens is 316 g/mol. The van der Waals surface area contributed by atoms with Crippen LogP contribution in [0.5, 0.6) is 11.5 Å². The molecule has 2 aliphatic heterocycles. The third kappa shape index (κ3) is 2.97. The predicted octanol–water partition coefficient (Wildman–Crippen LogP) is 1.81. The SMILES string of the molecule is CN1CCN(Cn2nc(-c3ccc4c(c3)OCO4)oc2=S)CC1. The van der Waals surface area contributed by atoms with Gasteiger partial charge in [0.1, 0.15) is 0 Å². The summed E-state index contributed by atoms with van der Waals surface area (Å²) in [6.07, 6.45) is 0. The van der Waals surface area contributed by atoms with Crippen LogP contribution in [0.1, 0.15) is 0 Å². The Balaban J connectivity index is 1.54. The van der Waals surface area contributed by atoms with Crippen molar-refractivity contribution in [3.63, 3.8) is 0 Å². The van der Waals surface area contributed by atoms with Gasteiger partial charge in [0.05, 0.1) is 6.67 Å². The van der Waals surface area contributed by atoms with Crippen LogP contribution in [0, 0.1) is 4.84 Å². The van der Waals surface area contributed by atoms with Gasteiger partial charge in [-0.3, -0.25) is 4.90 Å². The first kappa shape index (κ1) is 14.7. The maximum absolute atomic E-state index is 5.66. The van der Waals surface area contributed by atoms with Gasteiger partial charge in [-0.1, -0.05) is 0 Å². The third-order valence-electron chi connectivity index (χ3n) is 4.16. The smallest absolute Gasteiger partial charge is 0.288 e. The monoisotopic (exact) mass is 334 g/mol. The molecule has 0 N–H and O–H groups in total. The summed E-state index contributed by atoms with van der Waals surface area (Å²) in [4.78, 5) is 5.02. The normalized spacial score (nSPS) is 18.5. The summed E-state index contributed by atoms with van der Waals surface area (Å²) in [5, 5.41) is 4.51. The van der Waals surface area contributed by atoms with Crippen molar-refractivity contribution in [1.29, 1.82) is 0 Å². The molecule has 0 aliphatic carbocycles. The average molecular weight is 334 g/mol. The van der Waals surface area contributed by atoms with Crippen molar-refractivity contribution in [3.8, 4) is 23.0 Å².